The lowest BCUT2D eigenvalue weighted by molar-refractivity contribution is -0.150. The van der Waals surface area contributed by atoms with Crippen molar-refractivity contribution in [3.05, 3.63) is 45.5 Å². The highest BCUT2D eigenvalue weighted by molar-refractivity contribution is 8.02. The van der Waals surface area contributed by atoms with Crippen LogP contribution in [0.1, 0.15) is 32.3 Å². The van der Waals surface area contributed by atoms with Crippen LogP contribution in [0.25, 0.3) is 0 Å². The smallest absolute Gasteiger partial charge is 0.315 e. The van der Waals surface area contributed by atoms with Crippen molar-refractivity contribution in [2.45, 2.75) is 32.8 Å². The van der Waals surface area contributed by atoms with E-state index < -0.39 is 11.8 Å². The van der Waals surface area contributed by atoms with Gasteiger partial charge >= 0.3 is 5.97 Å². The van der Waals surface area contributed by atoms with Crippen LogP contribution < -0.4 is 0 Å². The molecule has 0 fully saturated rings. The zero-order valence-electron chi connectivity index (χ0n) is 14.0. The number of carbonyl (C=O) groups is 1. The number of allylic oxidation sites excluding steroid dienone is 1. The van der Waals surface area contributed by atoms with Crippen molar-refractivity contribution >= 4 is 35.0 Å². The van der Waals surface area contributed by atoms with Crippen molar-refractivity contribution in [3.8, 4) is 6.07 Å². The molecule has 1 aromatic carbocycles. The molecule has 1 unspecified atom stereocenters. The van der Waals surface area contributed by atoms with Gasteiger partial charge in [-0.2, -0.15) is 5.26 Å². The molecular weight excluding hydrogens is 344 g/mol. The summed E-state index contributed by atoms with van der Waals surface area (Å²) in [4.78, 5) is 17.1. The molecule has 4 nitrogen and oxygen atoms in total. The largest absolute Gasteiger partial charge is 0.462 e. The van der Waals surface area contributed by atoms with Gasteiger partial charge in [0.25, 0.3) is 0 Å². The van der Waals surface area contributed by atoms with Gasteiger partial charge in [0.1, 0.15) is 10.9 Å². The molecule has 0 bridgehead atoms. The zero-order chi connectivity index (χ0) is 17.9. The van der Waals surface area contributed by atoms with E-state index in [2.05, 4.69) is 11.1 Å². The molecule has 0 amide bonds. The maximum absolute atomic E-state index is 12.7. The van der Waals surface area contributed by atoms with Gasteiger partial charge in [0.2, 0.25) is 0 Å². The monoisotopic (exact) mass is 362 g/mol. The molecule has 0 spiro atoms. The summed E-state index contributed by atoms with van der Waals surface area (Å²) in [5, 5.41) is 10.9. The average Bonchev–Trinajstić information content (AvgIpc) is 2.53. The van der Waals surface area contributed by atoms with E-state index in [4.69, 9.17) is 16.3 Å². The van der Waals surface area contributed by atoms with E-state index in [9.17, 15) is 10.1 Å². The molecule has 6 heteroatoms. The van der Waals surface area contributed by atoms with Gasteiger partial charge in [-0.05, 0) is 44.7 Å². The van der Waals surface area contributed by atoms with Gasteiger partial charge in [-0.15, -0.1) is 11.8 Å². The second-order valence-corrected chi connectivity index (χ2v) is 7.01. The number of halogens is 1. The number of ether oxygens (including phenoxy) is 1. The van der Waals surface area contributed by atoms with Gasteiger partial charge < -0.3 is 4.74 Å². The van der Waals surface area contributed by atoms with Crippen molar-refractivity contribution < 1.29 is 9.53 Å². The molecule has 0 aromatic heterocycles. The highest BCUT2D eigenvalue weighted by Crippen LogP contribution is 2.42. The summed E-state index contributed by atoms with van der Waals surface area (Å²) in [5.41, 5.74) is 1.99. The molecule has 0 radical (unpaired) electrons. The molecule has 0 saturated carbocycles. The molecule has 0 N–H and O–H groups in total. The molecule has 2 atom stereocenters. The Labute approximate surface area is 151 Å². The first-order valence-corrected chi connectivity index (χ1v) is 9.18. The van der Waals surface area contributed by atoms with Crippen LogP contribution >= 0.6 is 23.4 Å². The zero-order valence-corrected chi connectivity index (χ0v) is 15.6. The predicted molar refractivity (Wildman–Crippen MR) is 98.2 cm³/mol. The summed E-state index contributed by atoms with van der Waals surface area (Å²) in [7, 11) is 0. The Bertz CT molecular complexity index is 732. The fourth-order valence-corrected chi connectivity index (χ4v) is 3.50. The lowest BCUT2D eigenvalue weighted by atomic mass is 9.77. The van der Waals surface area contributed by atoms with Crippen LogP contribution in [0.2, 0.25) is 5.02 Å². The van der Waals surface area contributed by atoms with E-state index in [1.54, 1.807) is 32.9 Å². The molecule has 2 rings (SSSR count). The van der Waals surface area contributed by atoms with E-state index in [1.165, 1.54) is 11.8 Å². The molecule has 126 valence electrons. The number of hydrogen-bond acceptors (Lipinski definition) is 5. The Hall–Kier alpha value is -1.77. The average molecular weight is 363 g/mol. The van der Waals surface area contributed by atoms with Crippen LogP contribution in [0.15, 0.2) is 39.9 Å². The summed E-state index contributed by atoms with van der Waals surface area (Å²) in [6, 6.07) is 9.45. The Morgan fingerprint density at radius 3 is 2.50 bits per heavy atom. The number of nitriles is 1. The van der Waals surface area contributed by atoms with Gasteiger partial charge in [-0.1, -0.05) is 23.7 Å². The van der Waals surface area contributed by atoms with E-state index in [0.717, 1.165) is 5.56 Å². The fraction of sp³-hybridized carbons (Fsp3) is 0.389. The molecule has 1 aromatic rings. The Balaban J connectivity index is 2.57. The third kappa shape index (κ3) is 3.82. The van der Waals surface area contributed by atoms with E-state index in [0.29, 0.717) is 21.3 Å². The number of benzene rings is 1. The van der Waals surface area contributed by atoms with Crippen LogP contribution in [0.4, 0.5) is 0 Å². The van der Waals surface area contributed by atoms with Gasteiger partial charge in [0, 0.05) is 16.7 Å². The summed E-state index contributed by atoms with van der Waals surface area (Å²) in [6.45, 7) is 5.41. The number of carbonyl (C=O) groups excluding carboxylic acids is 1. The van der Waals surface area contributed by atoms with Crippen LogP contribution in [-0.2, 0) is 9.53 Å². The topological polar surface area (TPSA) is 62.5 Å². The Kier molecular flexibility index (Phi) is 6.09. The van der Waals surface area contributed by atoms with Crippen LogP contribution in [-0.4, -0.2) is 24.0 Å². The first-order valence-electron chi connectivity index (χ1n) is 7.58. The Morgan fingerprint density at radius 2 is 2.00 bits per heavy atom. The second-order valence-electron chi connectivity index (χ2n) is 5.78. The number of hydrogen-bond donors (Lipinski definition) is 0. The third-order valence-corrected chi connectivity index (χ3v) is 4.70. The number of esters is 1. The summed E-state index contributed by atoms with van der Waals surface area (Å²) < 4.78 is 5.41. The molecule has 0 aliphatic carbocycles. The van der Waals surface area contributed by atoms with E-state index >= 15 is 0 Å². The van der Waals surface area contributed by atoms with Gasteiger partial charge in [-0.3, -0.25) is 4.79 Å². The normalized spacial score (nSPS) is 20.6. The highest BCUT2D eigenvalue weighted by Gasteiger charge is 2.40. The van der Waals surface area contributed by atoms with Crippen molar-refractivity contribution in [1.29, 1.82) is 5.26 Å². The molecule has 1 heterocycles. The van der Waals surface area contributed by atoms with Crippen molar-refractivity contribution in [2.24, 2.45) is 10.9 Å². The SMILES string of the molecule is CSC1=C(C#N)[C@@H](c2ccc(Cl)cc2)C(C(=O)OC(C)C)C(C)=N1. The highest BCUT2D eigenvalue weighted by atomic mass is 35.5. The third-order valence-electron chi connectivity index (χ3n) is 3.75. The fourth-order valence-electron chi connectivity index (χ4n) is 2.75. The van der Waals surface area contributed by atoms with E-state index in [1.807, 2.05) is 18.4 Å². The first-order chi connectivity index (χ1) is 11.4. The minimum absolute atomic E-state index is 0.229. The standard InChI is InChI=1S/C18H19ClN2O2S/c1-10(2)23-18(22)15-11(3)21-17(24-4)14(9-20)16(15)12-5-7-13(19)8-6-12/h5-8,10,15-16H,1-4H3/t15?,16-/m1/s1. The Morgan fingerprint density at radius 1 is 1.38 bits per heavy atom. The van der Waals surface area contributed by atoms with Gasteiger partial charge in [0.05, 0.1) is 17.7 Å². The maximum Gasteiger partial charge on any atom is 0.315 e. The quantitative estimate of drug-likeness (QED) is 0.736. The lowest BCUT2D eigenvalue weighted by Crippen LogP contribution is -2.35. The summed E-state index contributed by atoms with van der Waals surface area (Å²) >= 11 is 7.38. The number of thioether (sulfide) groups is 1. The molecule has 1 aliphatic heterocycles. The predicted octanol–water partition coefficient (Wildman–Crippen LogP) is 4.56. The van der Waals surface area contributed by atoms with Gasteiger partial charge in [0.15, 0.2) is 0 Å². The summed E-state index contributed by atoms with van der Waals surface area (Å²) in [6.07, 6.45) is 1.64. The molecular formula is C18H19ClN2O2S. The maximum atomic E-state index is 12.7. The molecule has 1 aliphatic rings. The molecule has 24 heavy (non-hydrogen) atoms. The second kappa shape index (κ2) is 7.87. The van der Waals surface area contributed by atoms with Crippen molar-refractivity contribution in [3.63, 3.8) is 0 Å². The van der Waals surface area contributed by atoms with Crippen LogP contribution in [0.3, 0.4) is 0 Å². The van der Waals surface area contributed by atoms with Crippen LogP contribution in [0.5, 0.6) is 0 Å². The summed E-state index contributed by atoms with van der Waals surface area (Å²) in [5.74, 6) is -1.39. The van der Waals surface area contributed by atoms with Crippen molar-refractivity contribution in [1.82, 2.24) is 0 Å². The van der Waals surface area contributed by atoms with E-state index in [-0.39, 0.29) is 12.1 Å². The van der Waals surface area contributed by atoms with Crippen LogP contribution in [0, 0.1) is 17.2 Å². The van der Waals surface area contributed by atoms with Crippen molar-refractivity contribution in [2.75, 3.05) is 6.26 Å². The van der Waals surface area contributed by atoms with Gasteiger partial charge in [-0.25, -0.2) is 4.99 Å². The number of rotatable bonds is 4. The minimum Gasteiger partial charge on any atom is -0.462 e. The lowest BCUT2D eigenvalue weighted by Gasteiger charge is -2.30. The number of aliphatic imine (C=N–C) groups is 1. The first kappa shape index (κ1) is 18.6. The number of nitrogens with zero attached hydrogens (tertiary/aromatic N) is 2. The molecule has 0 saturated heterocycles. The minimum atomic E-state index is -0.612.